The van der Waals surface area contributed by atoms with Crippen LogP contribution in [0.3, 0.4) is 0 Å². The molecule has 0 bridgehead atoms. The molecule has 0 spiro atoms. The average Bonchev–Trinajstić information content (AvgIpc) is 3.44. The third-order valence-corrected chi connectivity index (χ3v) is 12.4. The average molecular weight is 808 g/mol. The molecule has 4 aliphatic heterocycles. The summed E-state index contributed by atoms with van der Waals surface area (Å²) in [5, 5.41) is 23.1. The molecule has 1 aromatic heterocycles. The first-order chi connectivity index (χ1) is 24.9. The largest absolute Gasteiger partial charge is 0.505 e. The van der Waals surface area contributed by atoms with Gasteiger partial charge in [-0.15, -0.1) is 23.5 Å². The first kappa shape index (κ1) is 36.4. The van der Waals surface area contributed by atoms with E-state index in [1.54, 1.807) is 68.9 Å². The molecule has 12 nitrogen and oxygen atoms in total. The number of carbonyl (C=O) groups is 4. The van der Waals surface area contributed by atoms with E-state index in [1.807, 2.05) is 0 Å². The number of rotatable bonds is 10. The summed E-state index contributed by atoms with van der Waals surface area (Å²) in [7, 11) is 0. The number of aromatic hydroxyl groups is 1. The number of hydroxylamine groups is 2. The molecule has 5 heterocycles. The maximum Gasteiger partial charge on any atom is 0.351 e. The Morgan fingerprint density at radius 2 is 1.90 bits per heavy atom. The highest BCUT2D eigenvalue weighted by atomic mass is 35.5. The standard InChI is InChI=1S/C34H27Cl3FN5O7S2/c35-21-13-25(52-16-27(46)43-31-30(50-43)33-42(31)23(34(48)49)6-10-51-33)29(37)20(28(21)36)11-18-5-9-41(32(18)47)14-17-3-7-40(8-4-17)15-26(45)39-19-1-2-24(44)22(38)12-19/h1-4,6-8,11-13,30-31,33H,5,9-10,14-16H2,(H2-,39,44,45,48,49)/p+1/b18-11+/t30-,31?,33-/m1/s1. The molecule has 3 aromatic rings. The maximum atomic E-state index is 13.6. The van der Waals surface area contributed by atoms with Gasteiger partial charge in [-0.05, 0) is 42.3 Å². The molecule has 270 valence electrons. The predicted molar refractivity (Wildman–Crippen MR) is 193 cm³/mol. The molecule has 3 fully saturated rings. The van der Waals surface area contributed by atoms with Crippen LogP contribution in [-0.2, 0) is 37.1 Å². The molecule has 4 aliphatic rings. The second-order valence-electron chi connectivity index (χ2n) is 12.2. The van der Waals surface area contributed by atoms with Crippen molar-refractivity contribution in [3.05, 3.63) is 98.2 Å². The minimum absolute atomic E-state index is 0.0373. The Morgan fingerprint density at radius 1 is 1.13 bits per heavy atom. The van der Waals surface area contributed by atoms with E-state index < -0.39 is 23.7 Å². The van der Waals surface area contributed by atoms with E-state index in [1.165, 1.54) is 11.1 Å². The zero-order valence-electron chi connectivity index (χ0n) is 26.8. The zero-order valence-corrected chi connectivity index (χ0v) is 30.7. The second kappa shape index (κ2) is 14.8. The molecule has 3 atom stereocenters. The molecule has 2 aromatic carbocycles. The number of hydrogen-bond acceptors (Lipinski definition) is 9. The lowest BCUT2D eigenvalue weighted by Crippen LogP contribution is -2.82. The number of amides is 3. The summed E-state index contributed by atoms with van der Waals surface area (Å²) in [6.07, 6.45) is 6.33. The predicted octanol–water partition coefficient (Wildman–Crippen LogP) is 5.15. The molecular weight excluding hydrogens is 780 g/mol. The molecular formula is C34H28Cl3FN5O7S2+. The van der Waals surface area contributed by atoms with Crippen LogP contribution in [0.25, 0.3) is 6.08 Å². The van der Waals surface area contributed by atoms with E-state index in [0.29, 0.717) is 41.3 Å². The van der Waals surface area contributed by atoms with Gasteiger partial charge in [-0.1, -0.05) is 34.8 Å². The van der Waals surface area contributed by atoms with Crippen molar-refractivity contribution in [1.29, 1.82) is 0 Å². The highest BCUT2D eigenvalue weighted by molar-refractivity contribution is 8.00. The van der Waals surface area contributed by atoms with Gasteiger partial charge in [0.1, 0.15) is 11.1 Å². The first-order valence-corrected chi connectivity index (χ1v) is 18.9. The lowest BCUT2D eigenvalue weighted by atomic mass is 10.0. The monoisotopic (exact) mass is 806 g/mol. The molecule has 0 radical (unpaired) electrons. The minimum atomic E-state index is -1.05. The van der Waals surface area contributed by atoms with Crippen LogP contribution in [0.4, 0.5) is 10.1 Å². The fraction of sp³-hybridized carbons (Fsp3) is 0.265. The molecule has 0 aliphatic carbocycles. The fourth-order valence-corrected chi connectivity index (χ4v) is 9.19. The van der Waals surface area contributed by atoms with Crippen molar-refractivity contribution < 1.29 is 43.2 Å². The molecule has 52 heavy (non-hydrogen) atoms. The SMILES string of the molecule is O=C(C[n+]1ccc(CN2CC/C(=C\c3c(Cl)c(Cl)cc(SCC(=O)N4O[C@@H]5C4N4C(C(=O)O)=CCS[C@H]54)c3Cl)C2=O)cc1)Nc1ccc(O)c(F)c1. The molecule has 1 unspecified atom stereocenters. The van der Waals surface area contributed by atoms with E-state index in [2.05, 4.69) is 5.32 Å². The Morgan fingerprint density at radius 3 is 2.63 bits per heavy atom. The van der Waals surface area contributed by atoms with Gasteiger partial charge in [0.25, 0.3) is 11.8 Å². The van der Waals surface area contributed by atoms with Gasteiger partial charge in [0.05, 0.1) is 20.8 Å². The quantitative estimate of drug-likeness (QED) is 0.0828. The summed E-state index contributed by atoms with van der Waals surface area (Å²) < 4.78 is 15.2. The van der Waals surface area contributed by atoms with Crippen molar-refractivity contribution >= 4 is 93.8 Å². The van der Waals surface area contributed by atoms with Crippen molar-refractivity contribution in [2.45, 2.75) is 42.0 Å². The number of carboxylic acids is 1. The summed E-state index contributed by atoms with van der Waals surface area (Å²) in [6.45, 7) is 0.728. The van der Waals surface area contributed by atoms with Crippen LogP contribution in [0.15, 0.2) is 71.0 Å². The minimum Gasteiger partial charge on any atom is -0.505 e. The van der Waals surface area contributed by atoms with Crippen LogP contribution >= 0.6 is 58.3 Å². The third-order valence-electron chi connectivity index (χ3n) is 8.83. The normalized spacial score (nSPS) is 21.3. The fourth-order valence-electron chi connectivity index (χ4n) is 6.22. The molecule has 7 rings (SSSR count). The summed E-state index contributed by atoms with van der Waals surface area (Å²) in [5.74, 6) is -2.87. The number of phenolic OH excluding ortho intramolecular Hbond substituents is 1. The van der Waals surface area contributed by atoms with E-state index in [9.17, 15) is 33.8 Å². The van der Waals surface area contributed by atoms with Gasteiger partial charge in [-0.3, -0.25) is 19.2 Å². The van der Waals surface area contributed by atoms with Gasteiger partial charge < -0.3 is 25.3 Å². The molecule has 0 saturated carbocycles. The summed E-state index contributed by atoms with van der Waals surface area (Å²) in [4.78, 5) is 60.2. The number of nitrogens with zero attached hydrogens (tertiary/aromatic N) is 4. The van der Waals surface area contributed by atoms with Gasteiger partial charge in [-0.2, -0.15) is 9.63 Å². The van der Waals surface area contributed by atoms with Crippen LogP contribution in [0.5, 0.6) is 5.75 Å². The number of aliphatic carboxylic acids is 1. The lowest BCUT2D eigenvalue weighted by Gasteiger charge is -2.65. The van der Waals surface area contributed by atoms with Crippen molar-refractivity contribution in [3.8, 4) is 5.75 Å². The van der Waals surface area contributed by atoms with E-state index >= 15 is 0 Å². The van der Waals surface area contributed by atoms with Crippen LogP contribution < -0.4 is 9.88 Å². The van der Waals surface area contributed by atoms with Crippen molar-refractivity contribution in [2.24, 2.45) is 0 Å². The van der Waals surface area contributed by atoms with Crippen molar-refractivity contribution in [2.75, 3.05) is 23.4 Å². The topological polar surface area (TPSA) is 144 Å². The van der Waals surface area contributed by atoms with Gasteiger partial charge in [0.15, 0.2) is 36.2 Å². The molecule has 3 N–H and O–H groups in total. The van der Waals surface area contributed by atoms with Gasteiger partial charge in [0.2, 0.25) is 12.5 Å². The Balaban J connectivity index is 0.959. The van der Waals surface area contributed by atoms with Crippen LogP contribution in [-0.4, -0.2) is 84.5 Å². The van der Waals surface area contributed by atoms with Gasteiger partial charge >= 0.3 is 5.97 Å². The Kier molecular flexibility index (Phi) is 10.3. The number of hydrogen-bond donors (Lipinski definition) is 3. The Bertz CT molecular complexity index is 2070. The van der Waals surface area contributed by atoms with E-state index in [-0.39, 0.29) is 67.9 Å². The highest BCUT2D eigenvalue weighted by Crippen LogP contribution is 2.50. The number of carbonyl (C=O) groups excluding carboxylic acids is 3. The maximum absolute atomic E-state index is 13.6. The molecule has 3 amide bonds. The first-order valence-electron chi connectivity index (χ1n) is 15.8. The van der Waals surface area contributed by atoms with E-state index in [0.717, 1.165) is 29.5 Å². The number of benzene rings is 2. The van der Waals surface area contributed by atoms with Gasteiger partial charge in [-0.25, -0.2) is 9.18 Å². The number of carboxylic acid groups (broad SMARTS) is 1. The zero-order chi connectivity index (χ0) is 36.8. The number of aromatic nitrogens is 1. The summed E-state index contributed by atoms with van der Waals surface area (Å²) >= 11 is 22.5. The third kappa shape index (κ3) is 7.05. The van der Waals surface area contributed by atoms with Crippen molar-refractivity contribution in [1.82, 2.24) is 14.9 Å². The van der Waals surface area contributed by atoms with Crippen LogP contribution in [0.2, 0.25) is 15.1 Å². The van der Waals surface area contributed by atoms with Crippen molar-refractivity contribution in [3.63, 3.8) is 0 Å². The summed E-state index contributed by atoms with van der Waals surface area (Å²) in [5.41, 5.74) is 2.04. The number of anilines is 1. The summed E-state index contributed by atoms with van der Waals surface area (Å²) in [6, 6.07) is 8.71. The second-order valence-corrected chi connectivity index (χ2v) is 15.5. The Labute approximate surface area is 319 Å². The Hall–Kier alpha value is -3.99. The van der Waals surface area contributed by atoms with Crippen LogP contribution in [0, 0.1) is 5.82 Å². The number of fused-ring (bicyclic) bond motifs is 4. The number of phenols is 1. The number of thioether (sulfide) groups is 2. The lowest BCUT2D eigenvalue weighted by molar-refractivity contribution is -0.684. The molecule has 18 heteroatoms. The smallest absolute Gasteiger partial charge is 0.351 e. The molecule has 3 saturated heterocycles. The number of pyridine rings is 1. The number of likely N-dealkylation sites (tertiary alicyclic amines) is 1. The number of halogens is 4. The van der Waals surface area contributed by atoms with Gasteiger partial charge in [0, 0.05) is 58.8 Å². The van der Waals surface area contributed by atoms with E-state index in [4.69, 9.17) is 39.6 Å². The van der Waals surface area contributed by atoms with Crippen LogP contribution in [0.1, 0.15) is 17.5 Å². The highest BCUT2D eigenvalue weighted by Gasteiger charge is 2.65. The number of nitrogens with one attached hydrogen (secondary N) is 1.